The molecule has 1 atom stereocenters. The third-order valence-corrected chi connectivity index (χ3v) is 4.67. The van der Waals surface area contributed by atoms with Crippen LogP contribution in [0.3, 0.4) is 0 Å². The zero-order chi connectivity index (χ0) is 17.2. The highest BCUT2D eigenvalue weighted by molar-refractivity contribution is 5.90. The number of amides is 2. The lowest BCUT2D eigenvalue weighted by molar-refractivity contribution is 0.246. The fourth-order valence-corrected chi connectivity index (χ4v) is 3.23. The van der Waals surface area contributed by atoms with Gasteiger partial charge in [0.1, 0.15) is 11.4 Å². The quantitative estimate of drug-likeness (QED) is 0.886. The Hall–Kier alpha value is -2.64. The average molecular weight is 342 g/mol. The SMILES string of the molecule is Cc1noc(C2CC2)c1NC(=O)N[C@H]1CCCN(c2ncccn2)C1. The minimum Gasteiger partial charge on any atom is -0.359 e. The Morgan fingerprint density at radius 2 is 2.08 bits per heavy atom. The predicted molar refractivity (Wildman–Crippen MR) is 92.6 cm³/mol. The third-order valence-electron chi connectivity index (χ3n) is 4.67. The van der Waals surface area contributed by atoms with Gasteiger partial charge in [0.05, 0.1) is 0 Å². The van der Waals surface area contributed by atoms with Crippen molar-refractivity contribution < 1.29 is 9.32 Å². The number of hydrogen-bond donors (Lipinski definition) is 2. The van der Waals surface area contributed by atoms with E-state index in [1.807, 2.05) is 6.92 Å². The number of aryl methyl sites for hydroxylation is 1. The smallest absolute Gasteiger partial charge is 0.319 e. The van der Waals surface area contributed by atoms with Crippen LogP contribution in [0.25, 0.3) is 0 Å². The molecule has 0 spiro atoms. The van der Waals surface area contributed by atoms with Gasteiger partial charge in [-0.1, -0.05) is 5.16 Å². The summed E-state index contributed by atoms with van der Waals surface area (Å²) in [5.41, 5.74) is 1.44. The van der Waals surface area contributed by atoms with Gasteiger partial charge in [-0.05, 0) is 38.7 Å². The molecule has 2 fully saturated rings. The van der Waals surface area contributed by atoms with E-state index in [-0.39, 0.29) is 12.1 Å². The molecule has 0 bridgehead atoms. The summed E-state index contributed by atoms with van der Waals surface area (Å²) in [6.07, 6.45) is 7.59. The highest BCUT2D eigenvalue weighted by Crippen LogP contribution is 2.44. The van der Waals surface area contributed by atoms with Crippen molar-refractivity contribution in [1.82, 2.24) is 20.4 Å². The van der Waals surface area contributed by atoms with E-state index in [1.165, 1.54) is 0 Å². The summed E-state index contributed by atoms with van der Waals surface area (Å²) in [7, 11) is 0. The van der Waals surface area contributed by atoms with Gasteiger partial charge in [-0.25, -0.2) is 14.8 Å². The van der Waals surface area contributed by atoms with Crippen molar-refractivity contribution >= 4 is 17.7 Å². The normalized spacial score (nSPS) is 20.4. The standard InChI is InChI=1S/C17H22N6O2/c1-11-14(15(25-22-11)12-5-6-12)21-17(24)20-13-4-2-9-23(10-13)16-18-7-3-8-19-16/h3,7-8,12-13H,2,4-6,9-10H2,1H3,(H2,20,21,24)/t13-/m0/s1. The van der Waals surface area contributed by atoms with Gasteiger partial charge in [0.2, 0.25) is 5.95 Å². The second kappa shape index (κ2) is 6.70. The number of rotatable bonds is 4. The van der Waals surface area contributed by atoms with E-state index in [0.717, 1.165) is 49.4 Å². The molecule has 4 rings (SSSR count). The summed E-state index contributed by atoms with van der Waals surface area (Å²) in [5.74, 6) is 1.91. The molecule has 2 aliphatic rings. The van der Waals surface area contributed by atoms with Gasteiger partial charge in [0.25, 0.3) is 0 Å². The first-order chi connectivity index (χ1) is 12.2. The average Bonchev–Trinajstić information content (AvgIpc) is 3.41. The number of anilines is 2. The van der Waals surface area contributed by atoms with Gasteiger partial charge in [-0.2, -0.15) is 0 Å². The Bertz CT molecular complexity index is 743. The van der Waals surface area contributed by atoms with Crippen molar-refractivity contribution in [1.29, 1.82) is 0 Å². The van der Waals surface area contributed by atoms with Gasteiger partial charge >= 0.3 is 6.03 Å². The minimum atomic E-state index is -0.214. The third kappa shape index (κ3) is 3.57. The number of piperidine rings is 1. The Balaban J connectivity index is 1.37. The number of carbonyl (C=O) groups is 1. The second-order valence-corrected chi connectivity index (χ2v) is 6.71. The highest BCUT2D eigenvalue weighted by atomic mass is 16.5. The van der Waals surface area contributed by atoms with Gasteiger partial charge in [0.15, 0.2) is 5.76 Å². The van der Waals surface area contributed by atoms with E-state index in [0.29, 0.717) is 18.4 Å². The molecular formula is C17H22N6O2. The van der Waals surface area contributed by atoms with Crippen LogP contribution in [0.2, 0.25) is 0 Å². The fourth-order valence-electron chi connectivity index (χ4n) is 3.23. The fraction of sp³-hybridized carbons (Fsp3) is 0.529. The van der Waals surface area contributed by atoms with Gasteiger partial charge in [-0.15, -0.1) is 0 Å². The Labute approximate surface area is 146 Å². The molecule has 25 heavy (non-hydrogen) atoms. The Morgan fingerprint density at radius 1 is 1.28 bits per heavy atom. The highest BCUT2D eigenvalue weighted by Gasteiger charge is 2.32. The van der Waals surface area contributed by atoms with E-state index in [4.69, 9.17) is 4.52 Å². The van der Waals surface area contributed by atoms with Crippen LogP contribution in [0.4, 0.5) is 16.4 Å². The lowest BCUT2D eigenvalue weighted by Gasteiger charge is -2.33. The molecule has 1 aliphatic heterocycles. The number of urea groups is 1. The maximum absolute atomic E-state index is 12.4. The lowest BCUT2D eigenvalue weighted by atomic mass is 10.1. The predicted octanol–water partition coefficient (Wildman–Crippen LogP) is 2.44. The molecule has 2 amide bonds. The molecule has 3 heterocycles. The molecule has 0 radical (unpaired) electrons. The summed E-state index contributed by atoms with van der Waals surface area (Å²) < 4.78 is 5.37. The number of carbonyl (C=O) groups excluding carboxylic acids is 1. The first-order valence-electron chi connectivity index (χ1n) is 8.76. The molecule has 0 unspecified atom stereocenters. The zero-order valence-corrected chi connectivity index (χ0v) is 14.2. The van der Waals surface area contributed by atoms with Crippen LogP contribution in [0, 0.1) is 6.92 Å². The summed E-state index contributed by atoms with van der Waals surface area (Å²) in [5, 5.41) is 9.97. The second-order valence-electron chi connectivity index (χ2n) is 6.71. The van der Waals surface area contributed by atoms with Crippen molar-refractivity contribution in [2.45, 2.75) is 44.6 Å². The molecule has 2 N–H and O–H groups in total. The van der Waals surface area contributed by atoms with Crippen LogP contribution in [-0.2, 0) is 0 Å². The lowest BCUT2D eigenvalue weighted by Crippen LogP contribution is -2.49. The van der Waals surface area contributed by atoms with Crippen LogP contribution in [0.1, 0.15) is 43.1 Å². The molecule has 8 nitrogen and oxygen atoms in total. The molecule has 8 heteroatoms. The Morgan fingerprint density at radius 3 is 2.84 bits per heavy atom. The molecule has 132 valence electrons. The number of nitrogens with zero attached hydrogens (tertiary/aromatic N) is 4. The zero-order valence-electron chi connectivity index (χ0n) is 14.2. The maximum atomic E-state index is 12.4. The van der Waals surface area contributed by atoms with Crippen molar-refractivity contribution in [2.75, 3.05) is 23.3 Å². The topological polar surface area (TPSA) is 96.2 Å². The van der Waals surface area contributed by atoms with Crippen molar-refractivity contribution in [2.24, 2.45) is 0 Å². The summed E-state index contributed by atoms with van der Waals surface area (Å²) >= 11 is 0. The van der Waals surface area contributed by atoms with Gasteiger partial charge < -0.3 is 20.1 Å². The molecule has 2 aromatic heterocycles. The minimum absolute atomic E-state index is 0.0575. The molecule has 1 aliphatic carbocycles. The number of hydrogen-bond acceptors (Lipinski definition) is 6. The molecular weight excluding hydrogens is 320 g/mol. The van der Waals surface area contributed by atoms with E-state index < -0.39 is 0 Å². The molecule has 1 saturated carbocycles. The van der Waals surface area contributed by atoms with Gasteiger partial charge in [-0.3, -0.25) is 0 Å². The molecule has 2 aromatic rings. The maximum Gasteiger partial charge on any atom is 0.319 e. The number of nitrogens with one attached hydrogen (secondary N) is 2. The first-order valence-corrected chi connectivity index (χ1v) is 8.76. The Kier molecular flexibility index (Phi) is 4.25. The van der Waals surface area contributed by atoms with Crippen LogP contribution >= 0.6 is 0 Å². The van der Waals surface area contributed by atoms with Gasteiger partial charge in [0, 0.05) is 37.4 Å². The summed E-state index contributed by atoms with van der Waals surface area (Å²) in [6.45, 7) is 3.45. The summed E-state index contributed by atoms with van der Waals surface area (Å²) in [6, 6.07) is 1.64. The van der Waals surface area contributed by atoms with E-state index >= 15 is 0 Å². The summed E-state index contributed by atoms with van der Waals surface area (Å²) in [4.78, 5) is 23.1. The number of aromatic nitrogens is 3. The van der Waals surface area contributed by atoms with E-state index in [9.17, 15) is 4.79 Å². The van der Waals surface area contributed by atoms with E-state index in [1.54, 1.807) is 18.5 Å². The first kappa shape index (κ1) is 15.9. The largest absolute Gasteiger partial charge is 0.359 e. The van der Waals surface area contributed by atoms with E-state index in [2.05, 4.69) is 30.7 Å². The van der Waals surface area contributed by atoms with Crippen molar-refractivity contribution in [3.05, 3.63) is 29.9 Å². The molecule has 0 aromatic carbocycles. The molecule has 1 saturated heterocycles. The van der Waals surface area contributed by atoms with Crippen molar-refractivity contribution in [3.8, 4) is 0 Å². The van der Waals surface area contributed by atoms with Crippen LogP contribution in [-0.4, -0.2) is 40.3 Å². The van der Waals surface area contributed by atoms with Crippen LogP contribution < -0.4 is 15.5 Å². The van der Waals surface area contributed by atoms with Crippen LogP contribution in [0.15, 0.2) is 23.0 Å². The van der Waals surface area contributed by atoms with Crippen molar-refractivity contribution in [3.63, 3.8) is 0 Å². The monoisotopic (exact) mass is 342 g/mol. The van der Waals surface area contributed by atoms with Crippen LogP contribution in [0.5, 0.6) is 0 Å².